The molecule has 1 fully saturated rings. The van der Waals surface area contributed by atoms with Gasteiger partial charge in [0.25, 0.3) is 5.56 Å². The van der Waals surface area contributed by atoms with E-state index in [1.54, 1.807) is 17.6 Å². The van der Waals surface area contributed by atoms with Gasteiger partial charge >= 0.3 is 0 Å². The summed E-state index contributed by atoms with van der Waals surface area (Å²) in [6, 6.07) is 11.5. The van der Waals surface area contributed by atoms with Crippen LogP contribution < -0.4 is 10.5 Å². The second kappa shape index (κ2) is 6.82. The van der Waals surface area contributed by atoms with Gasteiger partial charge in [0.2, 0.25) is 11.8 Å². The van der Waals surface area contributed by atoms with Crippen molar-refractivity contribution in [3.63, 3.8) is 0 Å². The first-order valence-electron chi connectivity index (χ1n) is 11.3. The Morgan fingerprint density at radius 2 is 1.91 bits per heavy atom. The molecular weight excluding hydrogens is 406 g/mol. The standard InChI is InChI=1S/C25H25N3O4/c1-16(29)26-10-6-17(7-11-26)15-28-20-5-3-2-4-19(20)25(24(28)31)9-12-27-22(25)14-21-18(23(27)30)8-13-32-21/h2-5,8,13-14,17H,6-7,9-12,15H2,1H3. The summed E-state index contributed by atoms with van der Waals surface area (Å²) >= 11 is 0. The van der Waals surface area contributed by atoms with E-state index in [4.69, 9.17) is 4.42 Å². The fourth-order valence-corrected chi connectivity index (χ4v) is 5.93. The summed E-state index contributed by atoms with van der Waals surface area (Å²) in [4.78, 5) is 42.7. The molecule has 6 rings (SSSR count). The van der Waals surface area contributed by atoms with Crippen molar-refractivity contribution in [1.29, 1.82) is 0 Å². The van der Waals surface area contributed by atoms with Crippen LogP contribution in [0.4, 0.5) is 5.69 Å². The highest BCUT2D eigenvalue weighted by Crippen LogP contribution is 2.51. The first-order valence-corrected chi connectivity index (χ1v) is 11.3. The van der Waals surface area contributed by atoms with E-state index in [2.05, 4.69) is 0 Å². The number of carbonyl (C=O) groups is 2. The fourth-order valence-electron chi connectivity index (χ4n) is 5.93. The second-order valence-electron chi connectivity index (χ2n) is 9.22. The number of nitrogens with zero attached hydrogens (tertiary/aromatic N) is 3. The van der Waals surface area contributed by atoms with E-state index in [-0.39, 0.29) is 17.4 Å². The van der Waals surface area contributed by atoms with Gasteiger partial charge in [-0.25, -0.2) is 0 Å². The van der Waals surface area contributed by atoms with Crippen molar-refractivity contribution in [1.82, 2.24) is 9.47 Å². The molecule has 0 N–H and O–H groups in total. The molecule has 2 amide bonds. The van der Waals surface area contributed by atoms with Crippen molar-refractivity contribution >= 4 is 28.5 Å². The van der Waals surface area contributed by atoms with Gasteiger partial charge in [0.1, 0.15) is 11.0 Å². The van der Waals surface area contributed by atoms with Crippen LogP contribution in [0.25, 0.3) is 11.0 Å². The number of hydrogen-bond acceptors (Lipinski definition) is 4. The van der Waals surface area contributed by atoms with Gasteiger partial charge in [-0.15, -0.1) is 0 Å². The van der Waals surface area contributed by atoms with Crippen LogP contribution >= 0.6 is 0 Å². The summed E-state index contributed by atoms with van der Waals surface area (Å²) in [7, 11) is 0. The van der Waals surface area contributed by atoms with E-state index in [0.717, 1.165) is 42.9 Å². The van der Waals surface area contributed by atoms with E-state index in [1.807, 2.05) is 40.1 Å². The molecule has 0 aliphatic carbocycles. The predicted octanol–water partition coefficient (Wildman–Crippen LogP) is 2.89. The van der Waals surface area contributed by atoms with Crippen LogP contribution in [0.5, 0.6) is 0 Å². The molecule has 0 bridgehead atoms. The molecule has 0 radical (unpaired) electrons. The normalized spacial score (nSPS) is 22.7. The zero-order chi connectivity index (χ0) is 22.0. The molecule has 1 aromatic carbocycles. The van der Waals surface area contributed by atoms with Gasteiger partial charge in [-0.3, -0.25) is 14.4 Å². The second-order valence-corrected chi connectivity index (χ2v) is 9.22. The Bertz CT molecular complexity index is 1310. The Balaban J connectivity index is 1.41. The van der Waals surface area contributed by atoms with E-state index in [9.17, 15) is 14.4 Å². The maximum atomic E-state index is 14.1. The van der Waals surface area contributed by atoms with Crippen molar-refractivity contribution in [3.05, 3.63) is 64.3 Å². The van der Waals surface area contributed by atoms with Crippen LogP contribution in [0.3, 0.4) is 0 Å². The minimum absolute atomic E-state index is 0.0456. The summed E-state index contributed by atoms with van der Waals surface area (Å²) in [6.45, 7) is 4.24. The van der Waals surface area contributed by atoms with E-state index < -0.39 is 5.41 Å². The van der Waals surface area contributed by atoms with Crippen molar-refractivity contribution in [2.45, 2.75) is 38.1 Å². The number of likely N-dealkylation sites (tertiary alicyclic amines) is 1. The maximum Gasteiger partial charge on any atom is 0.261 e. The van der Waals surface area contributed by atoms with Crippen molar-refractivity contribution in [3.8, 4) is 0 Å². The molecule has 1 spiro atoms. The number of para-hydroxylation sites is 1. The fraction of sp³-hybridized carbons (Fsp3) is 0.400. The number of rotatable bonds is 2. The van der Waals surface area contributed by atoms with Gasteiger partial charge in [0.05, 0.1) is 11.6 Å². The maximum absolute atomic E-state index is 14.1. The molecule has 3 aromatic rings. The number of anilines is 1. The lowest BCUT2D eigenvalue weighted by molar-refractivity contribution is -0.130. The molecule has 1 saturated heterocycles. The average Bonchev–Trinajstić information content (AvgIpc) is 3.48. The van der Waals surface area contributed by atoms with Gasteiger partial charge in [-0.1, -0.05) is 18.2 Å². The monoisotopic (exact) mass is 431 g/mol. The van der Waals surface area contributed by atoms with E-state index in [0.29, 0.717) is 36.4 Å². The lowest BCUT2D eigenvalue weighted by atomic mass is 9.77. The molecule has 164 valence electrons. The van der Waals surface area contributed by atoms with Crippen molar-refractivity contribution < 1.29 is 14.0 Å². The first kappa shape index (κ1) is 19.3. The smallest absolute Gasteiger partial charge is 0.261 e. The molecule has 1 atom stereocenters. The number of pyridine rings is 1. The van der Waals surface area contributed by atoms with Crippen molar-refractivity contribution in [2.24, 2.45) is 5.92 Å². The number of aromatic nitrogens is 1. The highest BCUT2D eigenvalue weighted by molar-refractivity contribution is 6.10. The number of carbonyl (C=O) groups excluding carboxylic acids is 2. The Morgan fingerprint density at radius 3 is 2.69 bits per heavy atom. The minimum Gasteiger partial charge on any atom is -0.464 e. The van der Waals surface area contributed by atoms with Gasteiger partial charge in [-0.2, -0.15) is 0 Å². The lowest BCUT2D eigenvalue weighted by Crippen LogP contribution is -2.45. The molecule has 2 aromatic heterocycles. The van der Waals surface area contributed by atoms with Gasteiger partial charge in [0, 0.05) is 50.6 Å². The lowest BCUT2D eigenvalue weighted by Gasteiger charge is -2.34. The topological polar surface area (TPSA) is 75.8 Å². The summed E-state index contributed by atoms with van der Waals surface area (Å²) in [5.74, 6) is 0.500. The molecule has 3 aliphatic rings. The zero-order valence-corrected chi connectivity index (χ0v) is 18.0. The minimum atomic E-state index is -0.850. The third-order valence-electron chi connectivity index (χ3n) is 7.64. The molecule has 7 nitrogen and oxygen atoms in total. The molecule has 32 heavy (non-hydrogen) atoms. The van der Waals surface area contributed by atoms with E-state index >= 15 is 0 Å². The zero-order valence-electron chi connectivity index (χ0n) is 18.0. The van der Waals surface area contributed by atoms with E-state index in [1.165, 1.54) is 6.26 Å². The number of benzene rings is 1. The van der Waals surface area contributed by atoms with Crippen LogP contribution in [0.1, 0.15) is 37.4 Å². The molecule has 1 unspecified atom stereocenters. The SMILES string of the molecule is CC(=O)N1CCC(CN2C(=O)C3(CCn4c3cc3occc3c4=O)c3ccccc32)CC1. The third-order valence-corrected chi connectivity index (χ3v) is 7.64. The van der Waals surface area contributed by atoms with Crippen LogP contribution in [0.2, 0.25) is 0 Å². The highest BCUT2D eigenvalue weighted by atomic mass is 16.3. The van der Waals surface area contributed by atoms with Gasteiger partial charge < -0.3 is 18.8 Å². The molecule has 5 heterocycles. The molecule has 7 heteroatoms. The van der Waals surface area contributed by atoms with Crippen LogP contribution in [-0.4, -0.2) is 40.9 Å². The number of hydrogen-bond donors (Lipinski definition) is 0. The Hall–Kier alpha value is -3.35. The first-order chi connectivity index (χ1) is 15.5. The predicted molar refractivity (Wildman–Crippen MR) is 120 cm³/mol. The largest absolute Gasteiger partial charge is 0.464 e. The molecular formula is C25H25N3O4. The number of fused-ring (bicyclic) bond motifs is 5. The van der Waals surface area contributed by atoms with Gasteiger partial charge in [0.15, 0.2) is 0 Å². The number of furan rings is 1. The summed E-state index contributed by atoms with van der Waals surface area (Å²) in [5.41, 5.74) is 2.23. The Morgan fingerprint density at radius 1 is 1.12 bits per heavy atom. The van der Waals surface area contributed by atoms with Crippen LogP contribution in [0, 0.1) is 5.92 Å². The number of piperidine rings is 1. The summed E-state index contributed by atoms with van der Waals surface area (Å²) in [6.07, 6.45) is 3.88. The quantitative estimate of drug-likeness (QED) is 0.625. The Kier molecular flexibility index (Phi) is 4.12. The van der Waals surface area contributed by atoms with Crippen LogP contribution in [-0.2, 0) is 21.5 Å². The molecule has 3 aliphatic heterocycles. The van der Waals surface area contributed by atoms with Gasteiger partial charge in [-0.05, 0) is 42.9 Å². The van der Waals surface area contributed by atoms with Crippen molar-refractivity contribution in [2.75, 3.05) is 24.5 Å². The third kappa shape index (κ3) is 2.51. The Labute approximate surface area is 185 Å². The molecule has 0 saturated carbocycles. The summed E-state index contributed by atoms with van der Waals surface area (Å²) < 4.78 is 7.31. The average molecular weight is 431 g/mol. The highest BCUT2D eigenvalue weighted by Gasteiger charge is 2.56. The number of amides is 2. The van der Waals surface area contributed by atoms with Crippen LogP contribution in [0.15, 0.2) is 51.9 Å². The summed E-state index contributed by atoms with van der Waals surface area (Å²) in [5, 5.41) is 0.554.